The van der Waals surface area contributed by atoms with Crippen LogP contribution in [0.3, 0.4) is 0 Å². The molecule has 1 aliphatic carbocycles. The van der Waals surface area contributed by atoms with Crippen LogP contribution in [0, 0.1) is 0 Å². The van der Waals surface area contributed by atoms with E-state index in [4.69, 9.17) is 0 Å². The van der Waals surface area contributed by atoms with E-state index in [0.717, 1.165) is 10.9 Å². The summed E-state index contributed by atoms with van der Waals surface area (Å²) in [5.74, 6) is 0.0706. The number of benzene rings is 1. The minimum atomic E-state index is 0.0706. The molecule has 1 N–H and O–H groups in total. The predicted molar refractivity (Wildman–Crippen MR) is 82.6 cm³/mol. The number of carbonyl (C=O) groups is 1. The van der Waals surface area contributed by atoms with Crippen molar-refractivity contribution in [2.75, 3.05) is 25.2 Å². The number of para-hydroxylation sites is 1. The summed E-state index contributed by atoms with van der Waals surface area (Å²) in [5.41, 5.74) is 0.870. The van der Waals surface area contributed by atoms with Gasteiger partial charge in [-0.05, 0) is 44.7 Å². The van der Waals surface area contributed by atoms with Crippen molar-refractivity contribution in [3.8, 4) is 0 Å². The van der Waals surface area contributed by atoms with Gasteiger partial charge in [-0.15, -0.1) is 0 Å². The zero-order chi connectivity index (χ0) is 13.7. The van der Waals surface area contributed by atoms with Gasteiger partial charge in [-0.2, -0.15) is 11.8 Å². The molecule has 1 amide bonds. The van der Waals surface area contributed by atoms with E-state index in [-0.39, 0.29) is 5.91 Å². The molecular formula is C15H22N2OS. The van der Waals surface area contributed by atoms with Crippen LogP contribution in [0.5, 0.6) is 0 Å². The van der Waals surface area contributed by atoms with E-state index in [0.29, 0.717) is 12.6 Å². The van der Waals surface area contributed by atoms with E-state index >= 15 is 0 Å². The van der Waals surface area contributed by atoms with Crippen LogP contribution in [0.2, 0.25) is 0 Å². The maximum absolute atomic E-state index is 12.0. The Morgan fingerprint density at radius 3 is 2.74 bits per heavy atom. The van der Waals surface area contributed by atoms with Crippen molar-refractivity contribution in [3.05, 3.63) is 30.3 Å². The second-order valence-corrected chi connectivity index (χ2v) is 6.29. The smallest absolute Gasteiger partial charge is 0.238 e. The van der Waals surface area contributed by atoms with Crippen molar-refractivity contribution in [2.24, 2.45) is 0 Å². The van der Waals surface area contributed by atoms with Gasteiger partial charge in [0, 0.05) is 17.0 Å². The fraction of sp³-hybridized carbons (Fsp3) is 0.533. The second kappa shape index (κ2) is 6.96. The van der Waals surface area contributed by atoms with Gasteiger partial charge in [-0.25, -0.2) is 0 Å². The molecular weight excluding hydrogens is 256 g/mol. The molecule has 0 bridgehead atoms. The Morgan fingerprint density at radius 2 is 2.11 bits per heavy atom. The van der Waals surface area contributed by atoms with Crippen LogP contribution in [0.25, 0.3) is 0 Å². The fourth-order valence-corrected chi connectivity index (χ4v) is 3.40. The lowest BCUT2D eigenvalue weighted by Gasteiger charge is -2.23. The number of anilines is 1. The number of nitrogens with one attached hydrogen (secondary N) is 1. The maximum Gasteiger partial charge on any atom is 0.238 e. The Labute approximate surface area is 119 Å². The molecule has 0 aromatic heterocycles. The Hall–Kier alpha value is -1.00. The van der Waals surface area contributed by atoms with Crippen LogP contribution < -0.4 is 5.32 Å². The number of carbonyl (C=O) groups excluding carboxylic acids is 1. The molecule has 1 aromatic rings. The molecule has 3 nitrogen and oxygen atoms in total. The SMILES string of the molecule is CSC1CCC(N(C)CC(=O)Nc2ccccc2)C1. The van der Waals surface area contributed by atoms with Gasteiger partial charge in [-0.1, -0.05) is 18.2 Å². The lowest BCUT2D eigenvalue weighted by atomic mass is 10.2. The molecule has 1 saturated carbocycles. The van der Waals surface area contributed by atoms with Gasteiger partial charge in [0.1, 0.15) is 0 Å². The maximum atomic E-state index is 12.0. The van der Waals surface area contributed by atoms with Gasteiger partial charge in [-0.3, -0.25) is 9.69 Å². The molecule has 1 aromatic carbocycles. The second-order valence-electron chi connectivity index (χ2n) is 5.15. The van der Waals surface area contributed by atoms with Crippen molar-refractivity contribution in [1.82, 2.24) is 4.90 Å². The first-order valence-corrected chi connectivity index (χ1v) is 8.05. The number of hydrogen-bond acceptors (Lipinski definition) is 3. The molecule has 0 saturated heterocycles. The van der Waals surface area contributed by atoms with Gasteiger partial charge in [0.2, 0.25) is 5.91 Å². The van der Waals surface area contributed by atoms with E-state index in [2.05, 4.69) is 23.5 Å². The van der Waals surface area contributed by atoms with Crippen molar-refractivity contribution >= 4 is 23.4 Å². The highest BCUT2D eigenvalue weighted by molar-refractivity contribution is 7.99. The largest absolute Gasteiger partial charge is 0.325 e. The third-order valence-electron chi connectivity index (χ3n) is 3.76. The number of likely N-dealkylation sites (N-methyl/N-ethyl adjacent to an activating group) is 1. The van der Waals surface area contributed by atoms with Crippen molar-refractivity contribution in [1.29, 1.82) is 0 Å². The summed E-state index contributed by atoms with van der Waals surface area (Å²) in [6.45, 7) is 0.473. The van der Waals surface area contributed by atoms with Crippen molar-refractivity contribution in [2.45, 2.75) is 30.6 Å². The van der Waals surface area contributed by atoms with Gasteiger partial charge >= 0.3 is 0 Å². The highest BCUT2D eigenvalue weighted by Gasteiger charge is 2.27. The standard InChI is InChI=1S/C15H22N2OS/c1-17(13-8-9-14(10-13)19-2)11-15(18)16-12-6-4-3-5-7-12/h3-7,13-14H,8-11H2,1-2H3,(H,16,18). The van der Waals surface area contributed by atoms with Gasteiger partial charge in [0.15, 0.2) is 0 Å². The molecule has 4 heteroatoms. The lowest BCUT2D eigenvalue weighted by Crippen LogP contribution is -2.36. The molecule has 0 radical (unpaired) electrons. The van der Waals surface area contributed by atoms with Gasteiger partial charge < -0.3 is 5.32 Å². The number of rotatable bonds is 5. The normalized spacial score (nSPS) is 22.7. The van der Waals surface area contributed by atoms with Crippen LogP contribution in [0.4, 0.5) is 5.69 Å². The molecule has 0 heterocycles. The number of hydrogen-bond donors (Lipinski definition) is 1. The zero-order valence-corrected chi connectivity index (χ0v) is 12.5. The molecule has 104 valence electrons. The molecule has 0 spiro atoms. The highest BCUT2D eigenvalue weighted by atomic mass is 32.2. The summed E-state index contributed by atoms with van der Waals surface area (Å²) in [6.07, 6.45) is 5.86. The molecule has 0 aliphatic heterocycles. The van der Waals surface area contributed by atoms with Gasteiger partial charge in [0.05, 0.1) is 6.54 Å². The number of nitrogens with zero attached hydrogens (tertiary/aromatic N) is 1. The Bertz CT molecular complexity index is 410. The monoisotopic (exact) mass is 278 g/mol. The summed E-state index contributed by atoms with van der Waals surface area (Å²) in [7, 11) is 2.05. The van der Waals surface area contributed by atoms with Crippen LogP contribution in [0.1, 0.15) is 19.3 Å². The average molecular weight is 278 g/mol. The van der Waals surface area contributed by atoms with Crippen molar-refractivity contribution in [3.63, 3.8) is 0 Å². The topological polar surface area (TPSA) is 32.3 Å². The Kier molecular flexibility index (Phi) is 5.28. The molecule has 1 aliphatic rings. The Morgan fingerprint density at radius 1 is 1.37 bits per heavy atom. The third-order valence-corrected chi connectivity index (χ3v) is 4.86. The Balaban J connectivity index is 1.79. The summed E-state index contributed by atoms with van der Waals surface area (Å²) in [5, 5.41) is 3.70. The van der Waals surface area contributed by atoms with Crippen molar-refractivity contribution < 1.29 is 4.79 Å². The van der Waals surface area contributed by atoms with E-state index < -0.39 is 0 Å². The average Bonchev–Trinajstić information content (AvgIpc) is 2.88. The molecule has 2 unspecified atom stereocenters. The highest BCUT2D eigenvalue weighted by Crippen LogP contribution is 2.30. The first kappa shape index (κ1) is 14.4. The minimum Gasteiger partial charge on any atom is -0.325 e. The number of amides is 1. The quantitative estimate of drug-likeness (QED) is 0.899. The molecule has 2 atom stereocenters. The predicted octanol–water partition coefficient (Wildman–Crippen LogP) is 2.84. The molecule has 1 fully saturated rings. The first-order chi connectivity index (χ1) is 9.19. The summed E-state index contributed by atoms with van der Waals surface area (Å²) >= 11 is 1.95. The summed E-state index contributed by atoms with van der Waals surface area (Å²) < 4.78 is 0. The van der Waals surface area contributed by atoms with Crippen LogP contribution in [-0.2, 0) is 4.79 Å². The summed E-state index contributed by atoms with van der Waals surface area (Å²) in [6, 6.07) is 10.2. The van der Waals surface area contributed by atoms with E-state index in [1.165, 1.54) is 19.3 Å². The van der Waals surface area contributed by atoms with E-state index in [1.807, 2.05) is 42.1 Å². The van der Waals surface area contributed by atoms with Crippen LogP contribution in [-0.4, -0.2) is 41.9 Å². The molecule has 2 rings (SSSR count). The fourth-order valence-electron chi connectivity index (χ4n) is 2.61. The lowest BCUT2D eigenvalue weighted by molar-refractivity contribution is -0.117. The number of thioether (sulfide) groups is 1. The minimum absolute atomic E-state index is 0.0706. The third kappa shape index (κ3) is 4.25. The zero-order valence-electron chi connectivity index (χ0n) is 11.6. The van der Waals surface area contributed by atoms with E-state index in [9.17, 15) is 4.79 Å². The summed E-state index contributed by atoms with van der Waals surface area (Å²) in [4.78, 5) is 14.2. The van der Waals surface area contributed by atoms with Gasteiger partial charge in [0.25, 0.3) is 0 Å². The van der Waals surface area contributed by atoms with Crippen LogP contribution >= 0.6 is 11.8 Å². The molecule has 19 heavy (non-hydrogen) atoms. The van der Waals surface area contributed by atoms with E-state index in [1.54, 1.807) is 0 Å². The van der Waals surface area contributed by atoms with Crippen LogP contribution in [0.15, 0.2) is 30.3 Å². The first-order valence-electron chi connectivity index (χ1n) is 6.77.